The fourth-order valence-corrected chi connectivity index (χ4v) is 2.74. The Morgan fingerprint density at radius 1 is 1.37 bits per heavy atom. The summed E-state index contributed by atoms with van der Waals surface area (Å²) in [5, 5.41) is 2.94. The number of benzene rings is 1. The van der Waals surface area contributed by atoms with Gasteiger partial charge in [0, 0.05) is 16.3 Å². The Hall–Kier alpha value is -1.20. The summed E-state index contributed by atoms with van der Waals surface area (Å²) < 4.78 is 5.97. The Morgan fingerprint density at radius 2 is 2.11 bits per heavy atom. The average Bonchev–Trinajstić information content (AvgIpc) is 2.80. The maximum Gasteiger partial charge on any atom is 0.311 e. The number of aromatic nitrogens is 1. The van der Waals surface area contributed by atoms with E-state index < -0.39 is 0 Å². The lowest BCUT2D eigenvalue weighted by Crippen LogP contribution is -2.07. The first-order chi connectivity index (χ1) is 9.17. The number of carbonyl (C=O) groups excluding carboxylic acids is 1. The maximum absolute atomic E-state index is 11.4. The zero-order valence-corrected chi connectivity index (χ0v) is 13.0. The van der Waals surface area contributed by atoms with Gasteiger partial charge in [0.05, 0.1) is 23.7 Å². The third kappa shape index (κ3) is 4.44. The van der Waals surface area contributed by atoms with Gasteiger partial charge in [-0.15, -0.1) is 11.3 Å². The monoisotopic (exact) mass is 339 g/mol. The molecule has 3 nitrogen and oxygen atoms in total. The van der Waals surface area contributed by atoms with Gasteiger partial charge >= 0.3 is 5.97 Å². The zero-order valence-electron chi connectivity index (χ0n) is 10.6. The number of halogens is 1. The molecule has 0 atom stereocenters. The molecule has 0 radical (unpaired) electrons. The average molecular weight is 340 g/mol. The van der Waals surface area contributed by atoms with Crippen LogP contribution in [0.25, 0.3) is 0 Å². The van der Waals surface area contributed by atoms with Crippen LogP contribution < -0.4 is 0 Å². The number of rotatable bonds is 5. The van der Waals surface area contributed by atoms with Gasteiger partial charge in [0.1, 0.15) is 0 Å². The second-order valence-electron chi connectivity index (χ2n) is 4.02. The van der Waals surface area contributed by atoms with Crippen LogP contribution in [0.4, 0.5) is 0 Å². The van der Waals surface area contributed by atoms with Crippen LogP contribution in [0.3, 0.4) is 0 Å². The second-order valence-corrected chi connectivity index (χ2v) is 5.88. The van der Waals surface area contributed by atoms with Gasteiger partial charge in [0.2, 0.25) is 0 Å². The van der Waals surface area contributed by atoms with Crippen molar-refractivity contribution in [3.8, 4) is 0 Å². The van der Waals surface area contributed by atoms with Crippen molar-refractivity contribution in [3.63, 3.8) is 0 Å². The van der Waals surface area contributed by atoms with Gasteiger partial charge in [-0.3, -0.25) is 4.79 Å². The molecular weight excluding hydrogens is 326 g/mol. The molecule has 2 aromatic rings. The molecule has 0 saturated heterocycles. The van der Waals surface area contributed by atoms with Gasteiger partial charge in [-0.1, -0.05) is 28.1 Å². The van der Waals surface area contributed by atoms with Crippen LogP contribution in [0.2, 0.25) is 0 Å². The van der Waals surface area contributed by atoms with Crippen molar-refractivity contribution < 1.29 is 9.53 Å². The quantitative estimate of drug-likeness (QED) is 0.781. The Kier molecular flexibility index (Phi) is 5.10. The van der Waals surface area contributed by atoms with Crippen LogP contribution in [0, 0.1) is 0 Å². The third-order valence-electron chi connectivity index (χ3n) is 2.50. The van der Waals surface area contributed by atoms with E-state index in [0.29, 0.717) is 6.61 Å². The Morgan fingerprint density at radius 3 is 2.79 bits per heavy atom. The predicted molar refractivity (Wildman–Crippen MR) is 79.4 cm³/mol. The molecule has 100 valence electrons. The van der Waals surface area contributed by atoms with E-state index in [0.717, 1.165) is 21.6 Å². The molecule has 5 heteroatoms. The summed E-state index contributed by atoms with van der Waals surface area (Å²) in [6.45, 7) is 2.21. The lowest BCUT2D eigenvalue weighted by molar-refractivity contribution is -0.142. The first kappa shape index (κ1) is 14.2. The summed E-state index contributed by atoms with van der Waals surface area (Å²) >= 11 is 4.99. The number of ether oxygens (including phenoxy) is 1. The molecule has 2 rings (SSSR count). The van der Waals surface area contributed by atoms with E-state index in [9.17, 15) is 4.79 Å². The molecule has 0 aliphatic heterocycles. The van der Waals surface area contributed by atoms with Crippen molar-refractivity contribution in [2.24, 2.45) is 0 Å². The second kappa shape index (κ2) is 6.82. The number of nitrogens with zero attached hydrogens (tertiary/aromatic N) is 1. The van der Waals surface area contributed by atoms with Crippen LogP contribution in [-0.2, 0) is 22.4 Å². The normalized spacial score (nSPS) is 10.4. The van der Waals surface area contributed by atoms with Gasteiger partial charge in [0.25, 0.3) is 0 Å². The summed E-state index contributed by atoms with van der Waals surface area (Å²) in [6, 6.07) is 8.16. The lowest BCUT2D eigenvalue weighted by atomic mass is 10.2. The van der Waals surface area contributed by atoms with Crippen LogP contribution in [0.1, 0.15) is 23.2 Å². The highest BCUT2D eigenvalue weighted by Crippen LogP contribution is 2.17. The van der Waals surface area contributed by atoms with E-state index in [2.05, 4.69) is 33.0 Å². The molecule has 0 amide bonds. The molecule has 0 bridgehead atoms. The first-order valence-electron chi connectivity index (χ1n) is 6.00. The molecule has 0 aliphatic rings. The summed E-state index contributed by atoms with van der Waals surface area (Å²) in [7, 11) is 0. The van der Waals surface area contributed by atoms with Gasteiger partial charge in [-0.2, -0.15) is 0 Å². The van der Waals surface area contributed by atoms with Crippen molar-refractivity contribution in [1.29, 1.82) is 0 Å². The number of hydrogen-bond donors (Lipinski definition) is 0. The summed E-state index contributed by atoms with van der Waals surface area (Å²) in [5.41, 5.74) is 2.00. The van der Waals surface area contributed by atoms with E-state index >= 15 is 0 Å². The molecule has 0 fully saturated rings. The standard InChI is InChI=1S/C14H14BrNO2S/c1-2-18-14(17)8-12-9-19-13(16-12)7-10-3-5-11(15)6-4-10/h3-6,9H,2,7-8H2,1H3. The topological polar surface area (TPSA) is 39.2 Å². The molecule has 19 heavy (non-hydrogen) atoms. The summed E-state index contributed by atoms with van der Waals surface area (Å²) in [5.74, 6) is -0.219. The highest BCUT2D eigenvalue weighted by molar-refractivity contribution is 9.10. The van der Waals surface area contributed by atoms with E-state index in [1.54, 1.807) is 18.3 Å². The highest BCUT2D eigenvalue weighted by atomic mass is 79.9. The van der Waals surface area contributed by atoms with E-state index in [4.69, 9.17) is 4.74 Å². The van der Waals surface area contributed by atoms with Crippen molar-refractivity contribution in [2.45, 2.75) is 19.8 Å². The fourth-order valence-electron chi connectivity index (χ4n) is 1.65. The molecule has 0 aliphatic carbocycles. The van der Waals surface area contributed by atoms with Gasteiger partial charge in [0.15, 0.2) is 0 Å². The third-order valence-corrected chi connectivity index (χ3v) is 3.92. The number of esters is 1. The molecule has 0 unspecified atom stereocenters. The summed E-state index contributed by atoms with van der Waals surface area (Å²) in [6.07, 6.45) is 1.05. The molecule has 0 saturated carbocycles. The van der Waals surface area contributed by atoms with E-state index in [1.807, 2.05) is 17.5 Å². The minimum absolute atomic E-state index is 0.219. The van der Waals surface area contributed by atoms with Crippen molar-refractivity contribution in [3.05, 3.63) is 50.4 Å². The SMILES string of the molecule is CCOC(=O)Cc1csc(Cc2ccc(Br)cc2)n1. The Bertz CT molecular complexity index is 551. The van der Waals surface area contributed by atoms with Crippen LogP contribution in [0.5, 0.6) is 0 Å². The van der Waals surface area contributed by atoms with Gasteiger partial charge in [-0.25, -0.2) is 4.98 Å². The molecule has 1 aromatic heterocycles. The molecular formula is C14H14BrNO2S. The number of hydrogen-bond acceptors (Lipinski definition) is 4. The predicted octanol–water partition coefficient (Wildman–Crippen LogP) is 3.60. The number of thiazole rings is 1. The first-order valence-corrected chi connectivity index (χ1v) is 7.68. The minimum atomic E-state index is -0.219. The van der Waals surface area contributed by atoms with Crippen LogP contribution in [-0.4, -0.2) is 17.6 Å². The highest BCUT2D eigenvalue weighted by Gasteiger charge is 2.08. The van der Waals surface area contributed by atoms with E-state index in [-0.39, 0.29) is 12.4 Å². The molecule has 0 spiro atoms. The Labute approximate surface area is 124 Å². The fraction of sp³-hybridized carbons (Fsp3) is 0.286. The van der Waals surface area contributed by atoms with Crippen LogP contribution >= 0.6 is 27.3 Å². The smallest absolute Gasteiger partial charge is 0.311 e. The van der Waals surface area contributed by atoms with Crippen LogP contribution in [0.15, 0.2) is 34.1 Å². The maximum atomic E-state index is 11.4. The van der Waals surface area contributed by atoms with Crippen molar-refractivity contribution in [1.82, 2.24) is 4.98 Å². The Balaban J connectivity index is 1.97. The van der Waals surface area contributed by atoms with E-state index in [1.165, 1.54) is 5.56 Å². The van der Waals surface area contributed by atoms with Crippen molar-refractivity contribution in [2.75, 3.05) is 6.61 Å². The van der Waals surface area contributed by atoms with Gasteiger partial charge < -0.3 is 4.74 Å². The lowest BCUT2D eigenvalue weighted by Gasteiger charge is -1.99. The van der Waals surface area contributed by atoms with Gasteiger partial charge in [-0.05, 0) is 24.6 Å². The summed E-state index contributed by atoms with van der Waals surface area (Å²) in [4.78, 5) is 15.8. The minimum Gasteiger partial charge on any atom is -0.466 e. The molecule has 1 aromatic carbocycles. The van der Waals surface area contributed by atoms with Crippen molar-refractivity contribution >= 4 is 33.2 Å². The largest absolute Gasteiger partial charge is 0.466 e. The molecule has 1 heterocycles. The zero-order chi connectivity index (χ0) is 13.7. The number of carbonyl (C=O) groups is 1. The molecule has 0 N–H and O–H groups in total.